The van der Waals surface area contributed by atoms with Crippen LogP contribution in [0, 0.1) is 0 Å². The molecule has 0 amide bonds. The molecule has 3 rings (SSSR count). The normalized spacial score (nSPS) is 22.2. The second kappa shape index (κ2) is 5.19. The van der Waals surface area contributed by atoms with Crippen LogP contribution in [0.25, 0.3) is 0 Å². The largest absolute Gasteiger partial charge is 0.490 e. The summed E-state index contributed by atoms with van der Waals surface area (Å²) < 4.78 is 11.6. The Balaban J connectivity index is 1.82. The van der Waals surface area contributed by atoms with Crippen LogP contribution in [0.15, 0.2) is 18.2 Å². The lowest BCUT2D eigenvalue weighted by atomic mass is 10.00. The summed E-state index contributed by atoms with van der Waals surface area (Å²) in [6, 6.07) is 7.40. The van der Waals surface area contributed by atoms with Gasteiger partial charge in [0.05, 0.1) is 13.2 Å². The Morgan fingerprint density at radius 3 is 3.00 bits per heavy atom. The summed E-state index contributed by atoms with van der Waals surface area (Å²) in [5, 5.41) is 3.70. The van der Waals surface area contributed by atoms with Crippen molar-refractivity contribution < 1.29 is 9.47 Å². The summed E-state index contributed by atoms with van der Waals surface area (Å²) in [5.74, 6) is 1.85. The van der Waals surface area contributed by atoms with E-state index in [1.54, 1.807) is 0 Å². The van der Waals surface area contributed by atoms with Crippen molar-refractivity contribution in [2.75, 3.05) is 13.2 Å². The Morgan fingerprint density at radius 1 is 1.33 bits per heavy atom. The predicted molar refractivity (Wildman–Crippen MR) is 71.2 cm³/mol. The maximum absolute atomic E-state index is 5.82. The van der Waals surface area contributed by atoms with Gasteiger partial charge in [0.2, 0.25) is 0 Å². The first-order valence-electron chi connectivity index (χ1n) is 7.03. The van der Waals surface area contributed by atoms with Gasteiger partial charge in [-0.15, -0.1) is 0 Å². The zero-order chi connectivity index (χ0) is 12.4. The van der Waals surface area contributed by atoms with Crippen LogP contribution in [-0.4, -0.2) is 19.3 Å². The van der Waals surface area contributed by atoms with Crippen LogP contribution in [0.4, 0.5) is 0 Å². The van der Waals surface area contributed by atoms with Gasteiger partial charge in [-0.1, -0.05) is 19.1 Å². The fraction of sp³-hybridized carbons (Fsp3) is 0.600. The third-order valence-electron chi connectivity index (χ3n) is 3.51. The summed E-state index contributed by atoms with van der Waals surface area (Å²) in [7, 11) is 0. The third-order valence-corrected chi connectivity index (χ3v) is 3.51. The zero-order valence-corrected chi connectivity index (χ0v) is 10.9. The predicted octanol–water partition coefficient (Wildman–Crippen LogP) is 3.05. The highest BCUT2D eigenvalue weighted by Crippen LogP contribution is 2.40. The van der Waals surface area contributed by atoms with Crippen LogP contribution in [-0.2, 0) is 0 Å². The van der Waals surface area contributed by atoms with Crippen molar-refractivity contribution in [3.8, 4) is 11.5 Å². The molecule has 1 heterocycles. The van der Waals surface area contributed by atoms with Crippen LogP contribution >= 0.6 is 0 Å². The average Bonchev–Trinajstić information content (AvgIpc) is 3.21. The minimum atomic E-state index is 0.437. The zero-order valence-electron chi connectivity index (χ0n) is 10.9. The molecule has 1 N–H and O–H groups in total. The lowest BCUT2D eigenvalue weighted by molar-refractivity contribution is 0.228. The Kier molecular flexibility index (Phi) is 3.41. The molecular weight excluding hydrogens is 226 g/mol. The Hall–Kier alpha value is -1.22. The maximum atomic E-state index is 5.82. The summed E-state index contributed by atoms with van der Waals surface area (Å²) >= 11 is 0. The van der Waals surface area contributed by atoms with Gasteiger partial charge in [-0.2, -0.15) is 0 Å². The number of benzene rings is 1. The molecule has 0 bridgehead atoms. The number of hydrogen-bond donors (Lipinski definition) is 1. The number of ether oxygens (including phenoxy) is 2. The molecule has 1 unspecified atom stereocenters. The van der Waals surface area contributed by atoms with Crippen molar-refractivity contribution in [2.45, 2.75) is 44.7 Å². The van der Waals surface area contributed by atoms with E-state index in [9.17, 15) is 0 Å². The van der Waals surface area contributed by atoms with Gasteiger partial charge in [-0.25, -0.2) is 0 Å². The summed E-state index contributed by atoms with van der Waals surface area (Å²) in [4.78, 5) is 0. The van der Waals surface area contributed by atoms with Crippen molar-refractivity contribution >= 4 is 0 Å². The van der Waals surface area contributed by atoms with E-state index in [0.717, 1.165) is 43.6 Å². The standard InChI is InChI=1S/C15H21NO2/c1-2-9-17-14-5-3-4-12-13(16-11-6-7-11)8-10-18-15(12)14/h3-5,11,13,16H,2,6-10H2,1H3. The molecule has 1 aromatic carbocycles. The minimum absolute atomic E-state index is 0.437. The van der Waals surface area contributed by atoms with Gasteiger partial charge in [-0.3, -0.25) is 0 Å². The SMILES string of the molecule is CCCOc1cccc2c1OCCC2NC1CC1. The van der Waals surface area contributed by atoms with E-state index >= 15 is 0 Å². The van der Waals surface area contributed by atoms with Gasteiger partial charge in [0, 0.05) is 24.1 Å². The molecular formula is C15H21NO2. The van der Waals surface area contributed by atoms with Crippen LogP contribution in [0.1, 0.15) is 44.2 Å². The van der Waals surface area contributed by atoms with Crippen LogP contribution in [0.3, 0.4) is 0 Å². The number of rotatable bonds is 5. The van der Waals surface area contributed by atoms with E-state index < -0.39 is 0 Å². The van der Waals surface area contributed by atoms with E-state index in [0.29, 0.717) is 6.04 Å². The summed E-state index contributed by atoms with van der Waals surface area (Å²) in [6.45, 7) is 3.65. The molecule has 0 aromatic heterocycles. The van der Waals surface area contributed by atoms with Gasteiger partial charge in [0.1, 0.15) is 0 Å². The lowest BCUT2D eigenvalue weighted by Crippen LogP contribution is -2.28. The van der Waals surface area contributed by atoms with E-state index in [2.05, 4.69) is 24.4 Å². The molecule has 1 aromatic rings. The monoisotopic (exact) mass is 247 g/mol. The third kappa shape index (κ3) is 2.46. The quantitative estimate of drug-likeness (QED) is 0.867. The molecule has 2 aliphatic rings. The van der Waals surface area contributed by atoms with Crippen molar-refractivity contribution in [3.63, 3.8) is 0 Å². The first kappa shape index (κ1) is 11.8. The highest BCUT2D eigenvalue weighted by atomic mass is 16.5. The number of nitrogens with one attached hydrogen (secondary N) is 1. The van der Waals surface area contributed by atoms with E-state index in [4.69, 9.17) is 9.47 Å². The van der Waals surface area contributed by atoms with Gasteiger partial charge < -0.3 is 14.8 Å². The highest BCUT2D eigenvalue weighted by molar-refractivity contribution is 5.49. The van der Waals surface area contributed by atoms with Crippen molar-refractivity contribution in [2.24, 2.45) is 0 Å². The number of fused-ring (bicyclic) bond motifs is 1. The topological polar surface area (TPSA) is 30.5 Å². The molecule has 3 heteroatoms. The molecule has 1 fully saturated rings. The van der Waals surface area contributed by atoms with Gasteiger partial charge in [0.25, 0.3) is 0 Å². The summed E-state index contributed by atoms with van der Waals surface area (Å²) in [5.41, 5.74) is 1.27. The molecule has 1 aliphatic carbocycles. The van der Waals surface area contributed by atoms with E-state index in [-0.39, 0.29) is 0 Å². The minimum Gasteiger partial charge on any atom is -0.490 e. The van der Waals surface area contributed by atoms with Gasteiger partial charge >= 0.3 is 0 Å². The van der Waals surface area contributed by atoms with Crippen LogP contribution in [0.5, 0.6) is 11.5 Å². The second-order valence-corrected chi connectivity index (χ2v) is 5.15. The molecule has 3 nitrogen and oxygen atoms in total. The summed E-state index contributed by atoms with van der Waals surface area (Å²) in [6.07, 6.45) is 4.71. The van der Waals surface area contributed by atoms with Gasteiger partial charge in [-0.05, 0) is 25.3 Å². The first-order valence-corrected chi connectivity index (χ1v) is 7.03. The lowest BCUT2D eigenvalue weighted by Gasteiger charge is -2.28. The number of hydrogen-bond acceptors (Lipinski definition) is 3. The molecule has 1 aliphatic heterocycles. The fourth-order valence-electron chi connectivity index (χ4n) is 2.43. The van der Waals surface area contributed by atoms with Crippen molar-refractivity contribution in [3.05, 3.63) is 23.8 Å². The molecule has 0 spiro atoms. The fourth-order valence-corrected chi connectivity index (χ4v) is 2.43. The molecule has 18 heavy (non-hydrogen) atoms. The van der Waals surface area contributed by atoms with Crippen molar-refractivity contribution in [1.82, 2.24) is 5.32 Å². The molecule has 98 valence electrons. The second-order valence-electron chi connectivity index (χ2n) is 5.15. The Labute approximate surface area is 108 Å². The average molecular weight is 247 g/mol. The van der Waals surface area contributed by atoms with E-state index in [1.807, 2.05) is 6.07 Å². The van der Waals surface area contributed by atoms with Crippen LogP contribution < -0.4 is 14.8 Å². The van der Waals surface area contributed by atoms with Crippen molar-refractivity contribution in [1.29, 1.82) is 0 Å². The highest BCUT2D eigenvalue weighted by Gasteiger charge is 2.30. The molecule has 0 radical (unpaired) electrons. The smallest absolute Gasteiger partial charge is 0.165 e. The molecule has 0 saturated heterocycles. The van der Waals surface area contributed by atoms with E-state index in [1.165, 1.54) is 18.4 Å². The maximum Gasteiger partial charge on any atom is 0.165 e. The number of para-hydroxylation sites is 1. The molecule has 1 atom stereocenters. The Bertz CT molecular complexity index is 415. The van der Waals surface area contributed by atoms with Gasteiger partial charge in [0.15, 0.2) is 11.5 Å². The molecule has 1 saturated carbocycles. The van der Waals surface area contributed by atoms with Crippen LogP contribution in [0.2, 0.25) is 0 Å². The Morgan fingerprint density at radius 2 is 2.22 bits per heavy atom. The first-order chi connectivity index (χ1) is 8.88.